The number of thiophene rings is 1. The van der Waals surface area contributed by atoms with Crippen LogP contribution in [0.2, 0.25) is 0 Å². The largest absolute Gasteiger partial charge is 0.309 e. The van der Waals surface area contributed by atoms with Crippen LogP contribution in [0.5, 0.6) is 0 Å². The molecular weight excluding hydrogens is 428 g/mol. The average Bonchev–Trinajstić information content (AvgIpc) is 2.63. The second kappa shape index (κ2) is 5.98. The second-order valence-electron chi connectivity index (χ2n) is 3.99. The van der Waals surface area contributed by atoms with Crippen molar-refractivity contribution in [2.75, 3.05) is 7.05 Å². The molecule has 1 aromatic carbocycles. The van der Waals surface area contributed by atoms with Gasteiger partial charge >= 0.3 is 0 Å². The van der Waals surface area contributed by atoms with Gasteiger partial charge in [-0.2, -0.15) is 0 Å². The van der Waals surface area contributed by atoms with Crippen LogP contribution in [0.4, 0.5) is 4.39 Å². The summed E-state index contributed by atoms with van der Waals surface area (Å²) in [6, 6.07) is 7.19. The first kappa shape index (κ1) is 14.4. The topological polar surface area (TPSA) is 12.0 Å². The summed E-state index contributed by atoms with van der Waals surface area (Å²) < 4.78 is 15.2. The molecule has 0 fully saturated rings. The quantitative estimate of drug-likeness (QED) is 0.672. The zero-order chi connectivity index (χ0) is 13.3. The van der Waals surface area contributed by atoms with Crippen LogP contribution < -0.4 is 5.32 Å². The van der Waals surface area contributed by atoms with E-state index in [9.17, 15) is 4.39 Å². The van der Waals surface area contributed by atoms with Crippen molar-refractivity contribution >= 4 is 49.9 Å². The molecule has 1 N–H and O–H groups in total. The summed E-state index contributed by atoms with van der Waals surface area (Å²) in [6.45, 7) is 2.08. The summed E-state index contributed by atoms with van der Waals surface area (Å²) in [5.41, 5.74) is 2.33. The number of halogens is 3. The third-order valence-electron chi connectivity index (χ3n) is 2.72. The molecule has 5 heteroatoms. The van der Waals surface area contributed by atoms with Gasteiger partial charge in [0.2, 0.25) is 0 Å². The lowest BCUT2D eigenvalue weighted by Gasteiger charge is -2.16. The van der Waals surface area contributed by atoms with Crippen molar-refractivity contribution in [3.8, 4) is 0 Å². The van der Waals surface area contributed by atoms with E-state index in [4.69, 9.17) is 0 Å². The van der Waals surface area contributed by atoms with Crippen LogP contribution in [0.1, 0.15) is 22.0 Å². The first-order valence-corrected chi connectivity index (χ1v) is 8.09. The summed E-state index contributed by atoms with van der Waals surface area (Å²) in [5, 5.41) is 3.30. The predicted molar refractivity (Wildman–Crippen MR) is 86.8 cm³/mol. The van der Waals surface area contributed by atoms with Gasteiger partial charge < -0.3 is 5.32 Å². The maximum Gasteiger partial charge on any atom is 0.124 e. The number of rotatable bonds is 3. The Bertz CT molecular complexity index is 551. The lowest BCUT2D eigenvalue weighted by atomic mass is 10.1. The number of hydrogen-bond donors (Lipinski definition) is 1. The van der Waals surface area contributed by atoms with Crippen LogP contribution in [0, 0.1) is 16.3 Å². The van der Waals surface area contributed by atoms with Gasteiger partial charge in [-0.15, -0.1) is 11.3 Å². The molecule has 2 aromatic rings. The van der Waals surface area contributed by atoms with E-state index in [2.05, 4.69) is 56.8 Å². The SMILES string of the molecule is CNC(c1cc(C)c(Br)s1)c1ccc(F)cc1I. The van der Waals surface area contributed by atoms with Crippen LogP contribution in [0.15, 0.2) is 28.1 Å². The van der Waals surface area contributed by atoms with Gasteiger partial charge in [0, 0.05) is 8.45 Å². The molecule has 1 unspecified atom stereocenters. The number of aryl methyl sites for hydroxylation is 1. The van der Waals surface area contributed by atoms with Crippen molar-refractivity contribution in [3.63, 3.8) is 0 Å². The molecule has 0 aliphatic rings. The van der Waals surface area contributed by atoms with Crippen molar-refractivity contribution in [2.45, 2.75) is 13.0 Å². The Morgan fingerprint density at radius 1 is 1.39 bits per heavy atom. The maximum atomic E-state index is 13.2. The van der Waals surface area contributed by atoms with Crippen molar-refractivity contribution < 1.29 is 4.39 Å². The van der Waals surface area contributed by atoms with E-state index >= 15 is 0 Å². The molecular formula is C13H12BrFINS. The molecule has 1 atom stereocenters. The molecule has 0 radical (unpaired) electrons. The van der Waals surface area contributed by atoms with Crippen LogP contribution in [-0.2, 0) is 0 Å². The zero-order valence-corrected chi connectivity index (χ0v) is 14.5. The van der Waals surface area contributed by atoms with Gasteiger partial charge in [-0.1, -0.05) is 6.07 Å². The minimum Gasteiger partial charge on any atom is -0.309 e. The lowest BCUT2D eigenvalue weighted by Crippen LogP contribution is -2.17. The smallest absolute Gasteiger partial charge is 0.124 e. The molecule has 0 saturated carbocycles. The van der Waals surface area contributed by atoms with E-state index in [-0.39, 0.29) is 11.9 Å². The fraction of sp³-hybridized carbons (Fsp3) is 0.231. The highest BCUT2D eigenvalue weighted by atomic mass is 127. The van der Waals surface area contributed by atoms with E-state index < -0.39 is 0 Å². The molecule has 1 aromatic heterocycles. The Morgan fingerprint density at radius 3 is 2.61 bits per heavy atom. The monoisotopic (exact) mass is 439 g/mol. The Hall–Kier alpha value is 0.0200. The van der Waals surface area contributed by atoms with E-state index in [1.165, 1.54) is 16.5 Å². The third kappa shape index (κ3) is 2.95. The Labute approximate surface area is 132 Å². The minimum absolute atomic E-state index is 0.104. The molecule has 0 spiro atoms. The first-order valence-electron chi connectivity index (χ1n) is 5.41. The third-order valence-corrected chi connectivity index (χ3v) is 5.86. The fourth-order valence-corrected chi connectivity index (χ4v) is 4.30. The normalized spacial score (nSPS) is 12.7. The Kier molecular flexibility index (Phi) is 4.80. The van der Waals surface area contributed by atoms with Gasteiger partial charge in [-0.05, 0) is 81.8 Å². The molecule has 1 heterocycles. The van der Waals surface area contributed by atoms with E-state index in [1.54, 1.807) is 17.4 Å². The molecule has 0 amide bonds. The molecule has 0 aliphatic carbocycles. The van der Waals surface area contributed by atoms with Crippen molar-refractivity contribution in [2.24, 2.45) is 0 Å². The summed E-state index contributed by atoms with van der Waals surface area (Å²) in [7, 11) is 1.92. The number of hydrogen-bond acceptors (Lipinski definition) is 2. The van der Waals surface area contributed by atoms with Gasteiger partial charge in [0.1, 0.15) is 5.82 Å². The highest BCUT2D eigenvalue weighted by molar-refractivity contribution is 14.1. The van der Waals surface area contributed by atoms with Gasteiger partial charge in [0.15, 0.2) is 0 Å². The lowest BCUT2D eigenvalue weighted by molar-refractivity contribution is 0.622. The average molecular weight is 440 g/mol. The molecule has 96 valence electrons. The van der Waals surface area contributed by atoms with Gasteiger partial charge in [0.25, 0.3) is 0 Å². The Morgan fingerprint density at radius 2 is 2.11 bits per heavy atom. The van der Waals surface area contributed by atoms with Gasteiger partial charge in [-0.3, -0.25) is 0 Å². The summed E-state index contributed by atoms with van der Waals surface area (Å²) in [5.74, 6) is -0.193. The van der Waals surface area contributed by atoms with Crippen molar-refractivity contribution in [1.29, 1.82) is 0 Å². The highest BCUT2D eigenvalue weighted by Crippen LogP contribution is 2.35. The number of nitrogens with one attached hydrogen (secondary N) is 1. The maximum absolute atomic E-state index is 13.2. The predicted octanol–water partition coefficient (Wildman–Crippen LogP) is 4.87. The standard InChI is InChI=1S/C13H12BrFINS/c1-7-5-11(18-13(7)14)12(17-2)9-4-3-8(15)6-10(9)16/h3-6,12,17H,1-2H3. The highest BCUT2D eigenvalue weighted by Gasteiger charge is 2.18. The van der Waals surface area contributed by atoms with Crippen LogP contribution in [0.25, 0.3) is 0 Å². The molecule has 18 heavy (non-hydrogen) atoms. The van der Waals surface area contributed by atoms with E-state index in [0.29, 0.717) is 0 Å². The van der Waals surface area contributed by atoms with Gasteiger partial charge in [0.05, 0.1) is 9.83 Å². The summed E-state index contributed by atoms with van der Waals surface area (Å²) in [4.78, 5) is 1.23. The summed E-state index contributed by atoms with van der Waals surface area (Å²) in [6.07, 6.45) is 0. The molecule has 0 bridgehead atoms. The van der Waals surface area contributed by atoms with Crippen LogP contribution in [-0.4, -0.2) is 7.05 Å². The zero-order valence-electron chi connectivity index (χ0n) is 9.93. The Balaban J connectivity index is 2.45. The van der Waals surface area contributed by atoms with Crippen LogP contribution >= 0.6 is 49.9 Å². The second-order valence-corrected chi connectivity index (χ2v) is 7.56. The van der Waals surface area contributed by atoms with Gasteiger partial charge in [-0.25, -0.2) is 4.39 Å². The van der Waals surface area contributed by atoms with E-state index in [0.717, 1.165) is 12.9 Å². The number of benzene rings is 1. The van der Waals surface area contributed by atoms with Crippen LogP contribution in [0.3, 0.4) is 0 Å². The van der Waals surface area contributed by atoms with Crippen molar-refractivity contribution in [1.82, 2.24) is 5.32 Å². The molecule has 0 saturated heterocycles. The first-order chi connectivity index (χ1) is 8.52. The van der Waals surface area contributed by atoms with E-state index in [1.807, 2.05) is 13.1 Å². The van der Waals surface area contributed by atoms with Crippen molar-refractivity contribution in [3.05, 3.63) is 53.4 Å². The minimum atomic E-state index is -0.193. The molecule has 1 nitrogen and oxygen atoms in total. The fourth-order valence-electron chi connectivity index (χ4n) is 1.81. The summed E-state index contributed by atoms with van der Waals surface area (Å²) >= 11 is 7.44. The molecule has 2 rings (SSSR count). The molecule has 0 aliphatic heterocycles.